The van der Waals surface area contributed by atoms with Gasteiger partial charge in [0.05, 0.1) is 16.7 Å². The van der Waals surface area contributed by atoms with Crippen molar-refractivity contribution in [3.63, 3.8) is 0 Å². The van der Waals surface area contributed by atoms with E-state index in [1.165, 1.54) is 55.0 Å². The lowest BCUT2D eigenvalue weighted by Crippen LogP contribution is -2.16. The smallest absolute Gasteiger partial charge is 0.143 e. The third-order valence-electron chi connectivity index (χ3n) is 13.8. The van der Waals surface area contributed by atoms with E-state index in [1.54, 1.807) is 0 Å². The largest absolute Gasteiger partial charge is 0.455 e. The second-order valence-corrected chi connectivity index (χ2v) is 17.7. The van der Waals surface area contributed by atoms with E-state index in [1.807, 2.05) is 0 Å². The molecule has 1 aliphatic carbocycles. The standard InChI is InChI=1S/C61H42N2O/c1-61(2)54-25-9-5-19-46(54)47-36-34-44(38-55(47)61)62(56-26-10-8-22-50(56)51-23-14-24-52-53-35-31-40-15-3-4-18-45(40)59(53)64-60(51)52)42-32-29-39(30-33-42)41-16-13-17-43(37-41)63-57-27-11-6-20-48(57)49-21-7-12-28-58(49)63/h3-38H,1-2H3. The Bertz CT molecular complexity index is 3770. The Hall–Kier alpha value is -8.14. The zero-order chi connectivity index (χ0) is 42.5. The quantitative estimate of drug-likeness (QED) is 0.167. The normalized spacial score (nSPS) is 13.0. The minimum Gasteiger partial charge on any atom is -0.455 e. The summed E-state index contributed by atoms with van der Waals surface area (Å²) in [5, 5.41) is 7.06. The fourth-order valence-electron chi connectivity index (χ4n) is 10.7. The van der Waals surface area contributed by atoms with Crippen molar-refractivity contribution in [2.24, 2.45) is 0 Å². The number of furan rings is 1. The first-order valence-corrected chi connectivity index (χ1v) is 22.2. The van der Waals surface area contributed by atoms with Crippen LogP contribution in [-0.4, -0.2) is 4.57 Å². The molecule has 3 heteroatoms. The van der Waals surface area contributed by atoms with Gasteiger partial charge in [-0.15, -0.1) is 0 Å². The summed E-state index contributed by atoms with van der Waals surface area (Å²) >= 11 is 0. The van der Waals surface area contributed by atoms with Crippen LogP contribution in [0.3, 0.4) is 0 Å². The third-order valence-corrected chi connectivity index (χ3v) is 13.8. The Kier molecular flexibility index (Phi) is 7.95. The molecule has 302 valence electrons. The summed E-state index contributed by atoms with van der Waals surface area (Å²) in [5.74, 6) is 0. The van der Waals surface area contributed by atoms with Gasteiger partial charge in [-0.2, -0.15) is 0 Å². The highest BCUT2D eigenvalue weighted by molar-refractivity contribution is 6.18. The Balaban J connectivity index is 0.974. The molecule has 0 bridgehead atoms. The van der Waals surface area contributed by atoms with Gasteiger partial charge in [0.15, 0.2) is 0 Å². The van der Waals surface area contributed by atoms with E-state index in [9.17, 15) is 0 Å². The van der Waals surface area contributed by atoms with Crippen LogP contribution in [0.25, 0.3) is 93.6 Å². The minimum absolute atomic E-state index is 0.152. The number of rotatable bonds is 6. The molecule has 2 heterocycles. The highest BCUT2D eigenvalue weighted by atomic mass is 16.3. The summed E-state index contributed by atoms with van der Waals surface area (Å²) in [6, 6.07) is 79.6. The topological polar surface area (TPSA) is 21.3 Å². The van der Waals surface area contributed by atoms with E-state index in [0.29, 0.717) is 0 Å². The summed E-state index contributed by atoms with van der Waals surface area (Å²) in [6.45, 7) is 4.71. The molecule has 3 nitrogen and oxygen atoms in total. The maximum absolute atomic E-state index is 6.95. The van der Waals surface area contributed by atoms with Crippen LogP contribution in [0, 0.1) is 0 Å². The van der Waals surface area contributed by atoms with Crippen molar-refractivity contribution < 1.29 is 4.42 Å². The van der Waals surface area contributed by atoms with Crippen molar-refractivity contribution in [1.29, 1.82) is 0 Å². The van der Waals surface area contributed by atoms with Gasteiger partial charge >= 0.3 is 0 Å². The first-order chi connectivity index (χ1) is 31.5. The molecule has 0 radical (unpaired) electrons. The molecule has 12 aromatic rings. The zero-order valence-electron chi connectivity index (χ0n) is 35.6. The molecule has 0 spiro atoms. The molecule has 64 heavy (non-hydrogen) atoms. The maximum atomic E-state index is 6.95. The van der Waals surface area contributed by atoms with Crippen molar-refractivity contribution in [3.05, 3.63) is 230 Å². The number of hydrogen-bond donors (Lipinski definition) is 0. The van der Waals surface area contributed by atoms with Crippen LogP contribution in [-0.2, 0) is 5.41 Å². The maximum Gasteiger partial charge on any atom is 0.143 e. The summed E-state index contributed by atoms with van der Waals surface area (Å²) in [7, 11) is 0. The summed E-state index contributed by atoms with van der Waals surface area (Å²) in [4.78, 5) is 2.43. The third kappa shape index (κ3) is 5.41. The SMILES string of the molecule is CC1(C)c2ccccc2-c2ccc(N(c3ccc(-c4cccc(-n5c6ccccc6c6ccccc65)c4)cc3)c3ccccc3-c3cccc4c3oc3c5ccccc5ccc43)cc21. The van der Waals surface area contributed by atoms with Crippen LogP contribution in [0.15, 0.2) is 223 Å². The van der Waals surface area contributed by atoms with E-state index in [0.717, 1.165) is 66.8 Å². The highest BCUT2D eigenvalue weighted by Gasteiger charge is 2.36. The number of aromatic nitrogens is 1. The second-order valence-electron chi connectivity index (χ2n) is 17.7. The number of para-hydroxylation sites is 4. The molecule has 0 N–H and O–H groups in total. The molecule has 0 atom stereocenters. The van der Waals surface area contributed by atoms with Crippen LogP contribution in [0.1, 0.15) is 25.0 Å². The molecular weight excluding hydrogens is 777 g/mol. The van der Waals surface area contributed by atoms with E-state index in [2.05, 4.69) is 242 Å². The van der Waals surface area contributed by atoms with E-state index in [-0.39, 0.29) is 5.41 Å². The average Bonchev–Trinajstić information content (AvgIpc) is 3.98. The fourth-order valence-corrected chi connectivity index (χ4v) is 10.7. The van der Waals surface area contributed by atoms with Gasteiger partial charge in [0.1, 0.15) is 11.2 Å². The molecule has 0 aliphatic heterocycles. The number of anilines is 3. The first kappa shape index (κ1) is 36.5. The minimum atomic E-state index is -0.152. The molecule has 0 fully saturated rings. The number of hydrogen-bond acceptors (Lipinski definition) is 2. The van der Waals surface area contributed by atoms with Gasteiger partial charge in [-0.25, -0.2) is 0 Å². The van der Waals surface area contributed by atoms with Crippen molar-refractivity contribution in [1.82, 2.24) is 4.57 Å². The summed E-state index contributed by atoms with van der Waals surface area (Å²) in [6.07, 6.45) is 0. The van der Waals surface area contributed by atoms with Crippen LogP contribution in [0.2, 0.25) is 0 Å². The Morgan fingerprint density at radius 2 is 1.00 bits per heavy atom. The molecule has 1 aliphatic rings. The Morgan fingerprint density at radius 3 is 1.81 bits per heavy atom. The van der Waals surface area contributed by atoms with Crippen molar-refractivity contribution in [2.45, 2.75) is 19.3 Å². The molecule has 10 aromatic carbocycles. The lowest BCUT2D eigenvalue weighted by Gasteiger charge is -2.30. The first-order valence-electron chi connectivity index (χ1n) is 22.2. The number of fused-ring (bicyclic) bond motifs is 11. The van der Waals surface area contributed by atoms with Crippen molar-refractivity contribution >= 4 is 71.6 Å². The lowest BCUT2D eigenvalue weighted by molar-refractivity contribution is 0.660. The number of nitrogens with zero attached hydrogens (tertiary/aromatic N) is 2. The summed E-state index contributed by atoms with van der Waals surface area (Å²) < 4.78 is 9.34. The molecule has 2 aromatic heterocycles. The fraction of sp³-hybridized carbons (Fsp3) is 0.0492. The van der Waals surface area contributed by atoms with Gasteiger partial charge in [0, 0.05) is 60.5 Å². The lowest BCUT2D eigenvalue weighted by atomic mass is 9.82. The van der Waals surface area contributed by atoms with Gasteiger partial charge < -0.3 is 13.9 Å². The van der Waals surface area contributed by atoms with Gasteiger partial charge in [0.25, 0.3) is 0 Å². The van der Waals surface area contributed by atoms with E-state index < -0.39 is 0 Å². The van der Waals surface area contributed by atoms with Crippen molar-refractivity contribution in [2.75, 3.05) is 4.90 Å². The second kappa shape index (κ2) is 13.9. The van der Waals surface area contributed by atoms with Gasteiger partial charge in [0.2, 0.25) is 0 Å². The molecule has 0 amide bonds. The van der Waals surface area contributed by atoms with Gasteiger partial charge in [-0.1, -0.05) is 172 Å². The van der Waals surface area contributed by atoms with Crippen molar-refractivity contribution in [3.8, 4) is 39.1 Å². The molecule has 0 unspecified atom stereocenters. The zero-order valence-corrected chi connectivity index (χ0v) is 35.6. The molecule has 0 saturated carbocycles. The van der Waals surface area contributed by atoms with Gasteiger partial charge in [-0.3, -0.25) is 0 Å². The van der Waals surface area contributed by atoms with Gasteiger partial charge in [-0.05, 0) is 99.4 Å². The monoisotopic (exact) mass is 818 g/mol. The average molecular weight is 819 g/mol. The Labute approximate surface area is 371 Å². The van der Waals surface area contributed by atoms with Crippen LogP contribution in [0.5, 0.6) is 0 Å². The van der Waals surface area contributed by atoms with Crippen LogP contribution in [0.4, 0.5) is 17.1 Å². The van der Waals surface area contributed by atoms with Crippen LogP contribution < -0.4 is 4.90 Å². The number of benzene rings is 10. The molecule has 13 rings (SSSR count). The Morgan fingerprint density at radius 1 is 0.391 bits per heavy atom. The predicted octanol–water partition coefficient (Wildman–Crippen LogP) is 16.9. The van der Waals surface area contributed by atoms with E-state index >= 15 is 0 Å². The molecular formula is C61H42N2O. The predicted molar refractivity (Wildman–Crippen MR) is 269 cm³/mol. The van der Waals surface area contributed by atoms with Crippen LogP contribution >= 0.6 is 0 Å². The molecule has 0 saturated heterocycles. The van der Waals surface area contributed by atoms with E-state index in [4.69, 9.17) is 4.42 Å². The highest BCUT2D eigenvalue weighted by Crippen LogP contribution is 2.52. The summed E-state index contributed by atoms with van der Waals surface area (Å²) in [5.41, 5.74) is 18.3.